The zero-order valence-corrected chi connectivity index (χ0v) is 17.8. The number of anilines is 2. The fourth-order valence-electron chi connectivity index (χ4n) is 3.52. The maximum absolute atomic E-state index is 12.9. The van der Waals surface area contributed by atoms with Crippen molar-refractivity contribution in [3.05, 3.63) is 57.1 Å². The van der Waals surface area contributed by atoms with Gasteiger partial charge in [0.2, 0.25) is 11.8 Å². The van der Waals surface area contributed by atoms with Gasteiger partial charge in [-0.1, -0.05) is 28.9 Å². The molecule has 4 nitrogen and oxygen atoms in total. The average Bonchev–Trinajstić information content (AvgIpc) is 3.01. The number of benzene rings is 2. The molecule has 0 saturated carbocycles. The number of halogens is 1. The summed E-state index contributed by atoms with van der Waals surface area (Å²) in [4.78, 5) is 27.1. The Morgan fingerprint density at radius 1 is 1.15 bits per heavy atom. The molecule has 1 saturated heterocycles. The predicted molar refractivity (Wildman–Crippen MR) is 113 cm³/mol. The number of aryl methyl sites for hydroxylation is 4. The lowest BCUT2D eigenvalue weighted by Crippen LogP contribution is -2.28. The number of carbonyl (C=O) groups is 2. The first kappa shape index (κ1) is 19.6. The molecule has 2 aromatic carbocycles. The van der Waals surface area contributed by atoms with Crippen LogP contribution in [-0.2, 0) is 16.0 Å². The largest absolute Gasteiger partial charge is 0.325 e. The summed E-state index contributed by atoms with van der Waals surface area (Å²) >= 11 is 3.51. The monoisotopic (exact) mass is 428 g/mol. The third kappa shape index (κ3) is 4.08. The van der Waals surface area contributed by atoms with Crippen LogP contribution in [0.5, 0.6) is 0 Å². The fraction of sp³-hybridized carbons (Fsp3) is 0.364. The third-order valence-electron chi connectivity index (χ3n) is 5.31. The molecular formula is C22H25BrN2O2. The van der Waals surface area contributed by atoms with Crippen molar-refractivity contribution in [1.29, 1.82) is 0 Å². The van der Waals surface area contributed by atoms with Crippen LogP contribution < -0.4 is 10.2 Å². The molecule has 1 heterocycles. The highest BCUT2D eigenvalue weighted by atomic mass is 79.9. The molecule has 0 unspecified atom stereocenters. The normalized spacial score (nSPS) is 16.7. The predicted octanol–water partition coefficient (Wildman–Crippen LogP) is 4.93. The summed E-state index contributed by atoms with van der Waals surface area (Å²) < 4.78 is 1.01. The van der Waals surface area contributed by atoms with Crippen molar-refractivity contribution in [3.63, 3.8) is 0 Å². The molecule has 0 bridgehead atoms. The van der Waals surface area contributed by atoms with Crippen LogP contribution in [0.3, 0.4) is 0 Å². The molecular weight excluding hydrogens is 404 g/mol. The first-order valence-electron chi connectivity index (χ1n) is 9.27. The van der Waals surface area contributed by atoms with Gasteiger partial charge in [0.1, 0.15) is 0 Å². The minimum atomic E-state index is -0.341. The Kier molecular flexibility index (Phi) is 5.70. The van der Waals surface area contributed by atoms with E-state index in [0.29, 0.717) is 6.54 Å². The van der Waals surface area contributed by atoms with Gasteiger partial charge in [-0.2, -0.15) is 0 Å². The van der Waals surface area contributed by atoms with Crippen LogP contribution in [0.25, 0.3) is 0 Å². The van der Waals surface area contributed by atoms with E-state index in [2.05, 4.69) is 28.2 Å². The van der Waals surface area contributed by atoms with E-state index in [1.165, 1.54) is 5.56 Å². The first-order valence-corrected chi connectivity index (χ1v) is 10.1. The average molecular weight is 429 g/mol. The van der Waals surface area contributed by atoms with Gasteiger partial charge in [-0.05, 0) is 73.7 Å². The van der Waals surface area contributed by atoms with E-state index in [1.807, 2.05) is 51.1 Å². The molecule has 0 aromatic heterocycles. The van der Waals surface area contributed by atoms with Gasteiger partial charge in [0.15, 0.2) is 0 Å². The fourth-order valence-corrected chi connectivity index (χ4v) is 4.14. The zero-order chi connectivity index (χ0) is 19.7. The molecule has 2 aromatic rings. The minimum absolute atomic E-state index is 0.00152. The van der Waals surface area contributed by atoms with E-state index < -0.39 is 0 Å². The van der Waals surface area contributed by atoms with Gasteiger partial charge in [-0.15, -0.1) is 0 Å². The van der Waals surface area contributed by atoms with E-state index in [1.54, 1.807) is 4.90 Å². The maximum Gasteiger partial charge on any atom is 0.229 e. The summed E-state index contributed by atoms with van der Waals surface area (Å²) in [5.74, 6) is -0.427. The topological polar surface area (TPSA) is 49.4 Å². The Morgan fingerprint density at radius 2 is 1.89 bits per heavy atom. The number of nitrogens with one attached hydrogen (secondary N) is 1. The SMILES string of the molecule is CCc1cc(Br)cc(C)c1NC(=O)[C@H]1CC(=O)N(c2ccc(C)c(C)c2)C1. The molecule has 1 fully saturated rings. The van der Waals surface area contributed by atoms with Crippen molar-refractivity contribution in [2.75, 3.05) is 16.8 Å². The maximum atomic E-state index is 12.9. The summed E-state index contributed by atoms with van der Waals surface area (Å²) in [6, 6.07) is 10.0. The van der Waals surface area contributed by atoms with E-state index in [-0.39, 0.29) is 24.2 Å². The number of hydrogen-bond donors (Lipinski definition) is 1. The Balaban J connectivity index is 1.77. The molecule has 0 spiro atoms. The van der Waals surface area contributed by atoms with Crippen molar-refractivity contribution < 1.29 is 9.59 Å². The van der Waals surface area contributed by atoms with Gasteiger partial charge < -0.3 is 10.2 Å². The van der Waals surface area contributed by atoms with Gasteiger partial charge in [0.05, 0.1) is 5.92 Å². The van der Waals surface area contributed by atoms with E-state index >= 15 is 0 Å². The van der Waals surface area contributed by atoms with Crippen molar-refractivity contribution in [2.24, 2.45) is 5.92 Å². The summed E-state index contributed by atoms with van der Waals surface area (Å²) in [5.41, 5.74) is 6.18. The van der Waals surface area contributed by atoms with Crippen LogP contribution in [0, 0.1) is 26.7 Å². The van der Waals surface area contributed by atoms with Crippen molar-refractivity contribution >= 4 is 39.1 Å². The van der Waals surface area contributed by atoms with Gasteiger partial charge >= 0.3 is 0 Å². The highest BCUT2D eigenvalue weighted by Crippen LogP contribution is 2.30. The van der Waals surface area contributed by atoms with Crippen LogP contribution in [0.1, 0.15) is 35.6 Å². The van der Waals surface area contributed by atoms with Crippen LogP contribution in [0.4, 0.5) is 11.4 Å². The lowest BCUT2D eigenvalue weighted by Gasteiger charge is -2.19. The zero-order valence-electron chi connectivity index (χ0n) is 16.2. The quantitative estimate of drug-likeness (QED) is 0.750. The van der Waals surface area contributed by atoms with Gasteiger partial charge in [-0.3, -0.25) is 9.59 Å². The molecule has 5 heteroatoms. The van der Waals surface area contributed by atoms with Crippen molar-refractivity contribution in [1.82, 2.24) is 0 Å². The van der Waals surface area contributed by atoms with Crippen LogP contribution in [-0.4, -0.2) is 18.4 Å². The smallest absolute Gasteiger partial charge is 0.229 e. The molecule has 1 aliphatic heterocycles. The highest BCUT2D eigenvalue weighted by molar-refractivity contribution is 9.10. The molecule has 0 radical (unpaired) electrons. The second-order valence-electron chi connectivity index (χ2n) is 7.27. The first-order chi connectivity index (χ1) is 12.8. The number of carbonyl (C=O) groups excluding carboxylic acids is 2. The van der Waals surface area contributed by atoms with Crippen molar-refractivity contribution in [3.8, 4) is 0 Å². The minimum Gasteiger partial charge on any atom is -0.325 e. The van der Waals surface area contributed by atoms with Gasteiger partial charge in [-0.25, -0.2) is 0 Å². The molecule has 27 heavy (non-hydrogen) atoms. The standard InChI is InChI=1S/C22H25BrN2O2/c1-5-16-10-18(23)8-15(4)21(16)24-22(27)17-11-20(26)25(12-17)19-7-6-13(2)14(3)9-19/h6-10,17H,5,11-12H2,1-4H3,(H,24,27)/t17-/m0/s1. The van der Waals surface area contributed by atoms with Gasteiger partial charge in [0.25, 0.3) is 0 Å². The molecule has 1 N–H and O–H groups in total. The van der Waals surface area contributed by atoms with Crippen LogP contribution in [0.15, 0.2) is 34.8 Å². The lowest BCUT2D eigenvalue weighted by molar-refractivity contribution is -0.122. The Morgan fingerprint density at radius 3 is 2.56 bits per heavy atom. The van der Waals surface area contributed by atoms with E-state index in [9.17, 15) is 9.59 Å². The second kappa shape index (κ2) is 7.85. The number of rotatable bonds is 4. The van der Waals surface area contributed by atoms with Crippen LogP contribution >= 0.6 is 15.9 Å². The number of nitrogens with zero attached hydrogens (tertiary/aromatic N) is 1. The Bertz CT molecular complexity index is 907. The molecule has 0 aliphatic carbocycles. The van der Waals surface area contributed by atoms with E-state index in [4.69, 9.17) is 0 Å². The highest BCUT2D eigenvalue weighted by Gasteiger charge is 2.35. The molecule has 2 amide bonds. The lowest BCUT2D eigenvalue weighted by atomic mass is 10.0. The summed E-state index contributed by atoms with van der Waals surface area (Å²) in [7, 11) is 0. The van der Waals surface area contributed by atoms with Crippen molar-refractivity contribution in [2.45, 2.75) is 40.5 Å². The second-order valence-corrected chi connectivity index (χ2v) is 8.19. The van der Waals surface area contributed by atoms with E-state index in [0.717, 1.165) is 39.0 Å². The summed E-state index contributed by atoms with van der Waals surface area (Å²) in [5, 5.41) is 3.07. The molecule has 3 rings (SSSR count). The number of amides is 2. The Labute approximate surface area is 169 Å². The Hall–Kier alpha value is -2.14. The molecule has 142 valence electrons. The number of hydrogen-bond acceptors (Lipinski definition) is 2. The summed E-state index contributed by atoms with van der Waals surface area (Å²) in [6.07, 6.45) is 1.07. The third-order valence-corrected chi connectivity index (χ3v) is 5.77. The molecule has 1 aliphatic rings. The van der Waals surface area contributed by atoms with Gasteiger partial charge in [0, 0.05) is 28.8 Å². The summed E-state index contributed by atoms with van der Waals surface area (Å²) in [6.45, 7) is 8.56. The molecule has 1 atom stereocenters. The van der Waals surface area contributed by atoms with Crippen LogP contribution in [0.2, 0.25) is 0 Å².